The van der Waals surface area contributed by atoms with Crippen LogP contribution in [0.5, 0.6) is 0 Å². The summed E-state index contributed by atoms with van der Waals surface area (Å²) in [6.07, 6.45) is 9.55. The van der Waals surface area contributed by atoms with Gasteiger partial charge >= 0.3 is 0 Å². The molecule has 136 valence electrons. The number of carbonyl (C=O) groups excluding carboxylic acids is 1. The lowest BCUT2D eigenvalue weighted by Crippen LogP contribution is -2.26. The highest BCUT2D eigenvalue weighted by Crippen LogP contribution is 2.26. The molecule has 2 aromatic heterocycles. The summed E-state index contributed by atoms with van der Waals surface area (Å²) in [4.78, 5) is 12.1. The van der Waals surface area contributed by atoms with Gasteiger partial charge in [-0.25, -0.2) is 4.68 Å². The highest BCUT2D eigenvalue weighted by Gasteiger charge is 2.15. The molecule has 3 rings (SSSR count). The molecule has 1 aliphatic rings. The summed E-state index contributed by atoms with van der Waals surface area (Å²) in [5.74, 6) is 1.29. The fourth-order valence-electron chi connectivity index (χ4n) is 3.04. The Morgan fingerprint density at radius 3 is 2.88 bits per heavy atom. The monoisotopic (exact) mass is 364 g/mol. The van der Waals surface area contributed by atoms with Crippen LogP contribution in [0.25, 0.3) is 0 Å². The van der Waals surface area contributed by atoms with Crippen LogP contribution in [0.4, 0.5) is 0 Å². The number of hydrogen-bond donors (Lipinski definition) is 1. The standard InChI is InChI=1S/C15H24N8OS/c1-22-15(18-19-21-22)25-10-8-16-14(24)13-11-23(20-17-13)9-7-12-5-3-2-4-6-12/h11-12H,2-10H2,1H3,(H,16,24). The number of carbonyl (C=O) groups is 1. The highest BCUT2D eigenvalue weighted by atomic mass is 32.2. The lowest BCUT2D eigenvalue weighted by Gasteiger charge is -2.20. The molecule has 2 heterocycles. The number of nitrogens with one attached hydrogen (secondary N) is 1. The molecule has 1 saturated carbocycles. The van der Waals surface area contributed by atoms with Crippen molar-refractivity contribution in [2.24, 2.45) is 13.0 Å². The van der Waals surface area contributed by atoms with E-state index in [1.54, 1.807) is 22.6 Å². The normalized spacial score (nSPS) is 15.4. The van der Waals surface area contributed by atoms with Crippen molar-refractivity contribution in [3.05, 3.63) is 11.9 Å². The third kappa shape index (κ3) is 5.25. The van der Waals surface area contributed by atoms with Gasteiger partial charge in [0.05, 0.1) is 6.20 Å². The third-order valence-electron chi connectivity index (χ3n) is 4.46. The smallest absolute Gasteiger partial charge is 0.273 e. The molecule has 2 aromatic rings. The average Bonchev–Trinajstić information content (AvgIpc) is 3.27. The first-order valence-corrected chi connectivity index (χ1v) is 9.74. The van der Waals surface area contributed by atoms with Gasteiger partial charge in [-0.1, -0.05) is 49.1 Å². The van der Waals surface area contributed by atoms with E-state index in [0.29, 0.717) is 18.0 Å². The van der Waals surface area contributed by atoms with E-state index < -0.39 is 0 Å². The summed E-state index contributed by atoms with van der Waals surface area (Å²) in [7, 11) is 1.78. The largest absolute Gasteiger partial charge is 0.350 e. The molecule has 1 amide bonds. The van der Waals surface area contributed by atoms with Crippen molar-refractivity contribution in [3.8, 4) is 0 Å². The number of nitrogens with zero attached hydrogens (tertiary/aromatic N) is 7. The molecule has 0 spiro atoms. The first kappa shape index (κ1) is 17.8. The fourth-order valence-corrected chi connectivity index (χ4v) is 3.75. The lowest BCUT2D eigenvalue weighted by molar-refractivity contribution is 0.0951. The van der Waals surface area contributed by atoms with Crippen LogP contribution in [0, 0.1) is 5.92 Å². The number of amides is 1. The molecule has 0 saturated heterocycles. The number of rotatable bonds is 8. The first-order valence-electron chi connectivity index (χ1n) is 8.76. The second-order valence-electron chi connectivity index (χ2n) is 6.35. The Hall–Kier alpha value is -1.97. The van der Waals surface area contributed by atoms with Crippen molar-refractivity contribution in [1.82, 2.24) is 40.5 Å². The van der Waals surface area contributed by atoms with Gasteiger partial charge in [0.25, 0.3) is 5.91 Å². The Morgan fingerprint density at radius 2 is 2.12 bits per heavy atom. The number of tetrazole rings is 1. The van der Waals surface area contributed by atoms with Gasteiger partial charge in [-0.15, -0.1) is 10.2 Å². The summed E-state index contributed by atoms with van der Waals surface area (Å²) in [6.45, 7) is 1.35. The average molecular weight is 364 g/mol. The molecule has 9 nitrogen and oxygen atoms in total. The molecule has 1 fully saturated rings. The topological polar surface area (TPSA) is 103 Å². The van der Waals surface area contributed by atoms with Gasteiger partial charge in [-0.3, -0.25) is 9.48 Å². The van der Waals surface area contributed by atoms with Crippen LogP contribution in [0.15, 0.2) is 11.4 Å². The van der Waals surface area contributed by atoms with Gasteiger partial charge in [0.1, 0.15) is 0 Å². The summed E-state index contributed by atoms with van der Waals surface area (Å²) in [6, 6.07) is 0. The van der Waals surface area contributed by atoms with Crippen molar-refractivity contribution in [1.29, 1.82) is 0 Å². The van der Waals surface area contributed by atoms with Crippen LogP contribution in [0.3, 0.4) is 0 Å². The van der Waals surface area contributed by atoms with Crippen molar-refractivity contribution < 1.29 is 4.79 Å². The second-order valence-corrected chi connectivity index (χ2v) is 7.41. The van der Waals surface area contributed by atoms with Crippen LogP contribution in [0.1, 0.15) is 49.0 Å². The number of aryl methyl sites for hydroxylation is 2. The first-order chi connectivity index (χ1) is 12.2. The zero-order chi connectivity index (χ0) is 17.5. The Bertz CT molecular complexity index is 679. The fraction of sp³-hybridized carbons (Fsp3) is 0.733. The van der Waals surface area contributed by atoms with Crippen LogP contribution < -0.4 is 5.32 Å². The zero-order valence-electron chi connectivity index (χ0n) is 14.5. The van der Waals surface area contributed by atoms with E-state index in [0.717, 1.165) is 24.0 Å². The van der Waals surface area contributed by atoms with E-state index in [1.165, 1.54) is 43.9 Å². The molecule has 0 unspecified atom stereocenters. The lowest BCUT2D eigenvalue weighted by atomic mass is 9.87. The molecular weight excluding hydrogens is 340 g/mol. The molecule has 0 aromatic carbocycles. The SMILES string of the molecule is Cn1nnnc1SCCNC(=O)c1cn(CCC2CCCCC2)nn1. The molecule has 1 N–H and O–H groups in total. The molecule has 0 atom stereocenters. The van der Waals surface area contributed by atoms with Crippen LogP contribution >= 0.6 is 11.8 Å². The van der Waals surface area contributed by atoms with Gasteiger partial charge in [0.2, 0.25) is 5.16 Å². The van der Waals surface area contributed by atoms with E-state index in [9.17, 15) is 4.79 Å². The van der Waals surface area contributed by atoms with Crippen LogP contribution in [-0.2, 0) is 13.6 Å². The minimum absolute atomic E-state index is 0.194. The van der Waals surface area contributed by atoms with E-state index in [2.05, 4.69) is 31.2 Å². The molecule has 0 bridgehead atoms. The van der Waals surface area contributed by atoms with E-state index in [4.69, 9.17) is 0 Å². The number of aromatic nitrogens is 7. The summed E-state index contributed by atoms with van der Waals surface area (Å²) in [5, 5.41) is 22.8. The molecule has 0 radical (unpaired) electrons. The second kappa shape index (κ2) is 8.93. The van der Waals surface area contributed by atoms with Crippen molar-refractivity contribution in [2.45, 2.75) is 50.2 Å². The van der Waals surface area contributed by atoms with E-state index in [1.807, 2.05) is 0 Å². The maximum Gasteiger partial charge on any atom is 0.273 e. The summed E-state index contributed by atoms with van der Waals surface area (Å²) >= 11 is 1.49. The van der Waals surface area contributed by atoms with Crippen molar-refractivity contribution >= 4 is 17.7 Å². The van der Waals surface area contributed by atoms with Gasteiger partial charge in [0.15, 0.2) is 5.69 Å². The zero-order valence-corrected chi connectivity index (χ0v) is 15.3. The third-order valence-corrected chi connectivity index (χ3v) is 5.47. The highest BCUT2D eigenvalue weighted by molar-refractivity contribution is 7.99. The quantitative estimate of drug-likeness (QED) is 0.556. The molecule has 25 heavy (non-hydrogen) atoms. The molecule has 10 heteroatoms. The van der Waals surface area contributed by atoms with Crippen molar-refractivity contribution in [3.63, 3.8) is 0 Å². The van der Waals surface area contributed by atoms with Crippen molar-refractivity contribution in [2.75, 3.05) is 12.3 Å². The minimum atomic E-state index is -0.194. The Morgan fingerprint density at radius 1 is 1.28 bits per heavy atom. The minimum Gasteiger partial charge on any atom is -0.350 e. The Labute approximate surface area is 150 Å². The predicted molar refractivity (Wildman–Crippen MR) is 93.1 cm³/mol. The summed E-state index contributed by atoms with van der Waals surface area (Å²) in [5.41, 5.74) is 0.369. The number of hydrogen-bond acceptors (Lipinski definition) is 7. The maximum atomic E-state index is 12.1. The van der Waals surface area contributed by atoms with Crippen LogP contribution in [-0.4, -0.2) is 53.4 Å². The van der Waals surface area contributed by atoms with E-state index >= 15 is 0 Å². The van der Waals surface area contributed by atoms with Gasteiger partial charge in [-0.05, 0) is 22.8 Å². The Balaban J connectivity index is 1.37. The van der Waals surface area contributed by atoms with E-state index in [-0.39, 0.29) is 5.91 Å². The molecule has 0 aliphatic heterocycles. The molecule has 1 aliphatic carbocycles. The maximum absolute atomic E-state index is 12.1. The molecular formula is C15H24N8OS. The van der Waals surface area contributed by atoms with Gasteiger partial charge < -0.3 is 5.32 Å². The summed E-state index contributed by atoms with van der Waals surface area (Å²) < 4.78 is 3.38. The predicted octanol–water partition coefficient (Wildman–Crippen LogP) is 1.29. The van der Waals surface area contributed by atoms with Gasteiger partial charge in [0, 0.05) is 25.9 Å². The Kier molecular flexibility index (Phi) is 6.37. The number of thioether (sulfide) groups is 1. The van der Waals surface area contributed by atoms with Gasteiger partial charge in [-0.2, -0.15) is 0 Å². The van der Waals surface area contributed by atoms with Crippen LogP contribution in [0.2, 0.25) is 0 Å².